The van der Waals surface area contributed by atoms with E-state index in [0.717, 1.165) is 32.4 Å². The molecule has 2 saturated heterocycles. The maximum Gasteiger partial charge on any atom is 0.211 e. The molecule has 2 rings (SSSR count). The number of rotatable bonds is 5. The summed E-state index contributed by atoms with van der Waals surface area (Å²) in [5.41, 5.74) is 6.51. The van der Waals surface area contributed by atoms with Gasteiger partial charge in [0.05, 0.1) is 6.26 Å². The van der Waals surface area contributed by atoms with E-state index in [9.17, 15) is 8.42 Å². The first-order valence-electron chi connectivity index (χ1n) is 8.17. The van der Waals surface area contributed by atoms with Crippen molar-refractivity contribution in [1.29, 1.82) is 0 Å². The minimum atomic E-state index is -3.06. The molecule has 2 aliphatic heterocycles. The molecule has 124 valence electrons. The van der Waals surface area contributed by atoms with E-state index in [2.05, 4.69) is 18.7 Å². The van der Waals surface area contributed by atoms with Gasteiger partial charge in [-0.25, -0.2) is 12.7 Å². The van der Waals surface area contributed by atoms with E-state index in [1.165, 1.54) is 19.1 Å². The fourth-order valence-corrected chi connectivity index (χ4v) is 4.64. The molecule has 0 spiro atoms. The van der Waals surface area contributed by atoms with E-state index in [4.69, 9.17) is 5.73 Å². The number of nitrogens with two attached hydrogens (primary N) is 1. The van der Waals surface area contributed by atoms with E-state index in [-0.39, 0.29) is 11.6 Å². The van der Waals surface area contributed by atoms with Crippen molar-refractivity contribution in [2.45, 2.75) is 57.5 Å². The zero-order chi connectivity index (χ0) is 15.7. The highest BCUT2D eigenvalue weighted by Crippen LogP contribution is 2.29. The number of hydrogen-bond acceptors (Lipinski definition) is 4. The Hall–Kier alpha value is -0.170. The van der Waals surface area contributed by atoms with Crippen molar-refractivity contribution in [3.63, 3.8) is 0 Å². The molecule has 2 aliphatic rings. The predicted octanol–water partition coefficient (Wildman–Crippen LogP) is 1.25. The first-order valence-corrected chi connectivity index (χ1v) is 10.0. The molecule has 0 bridgehead atoms. The summed E-state index contributed by atoms with van der Waals surface area (Å²) in [4.78, 5) is 2.49. The van der Waals surface area contributed by atoms with Crippen molar-refractivity contribution in [2.24, 2.45) is 11.7 Å². The quantitative estimate of drug-likeness (QED) is 0.829. The van der Waals surface area contributed by atoms with Crippen LogP contribution in [0.15, 0.2) is 0 Å². The van der Waals surface area contributed by atoms with Crippen molar-refractivity contribution in [3.8, 4) is 0 Å². The minimum Gasteiger partial charge on any atom is -0.326 e. The highest BCUT2D eigenvalue weighted by molar-refractivity contribution is 7.88. The molecular weight excluding hydrogens is 286 g/mol. The van der Waals surface area contributed by atoms with Gasteiger partial charge in [0.15, 0.2) is 0 Å². The second kappa shape index (κ2) is 6.52. The molecule has 0 aromatic heterocycles. The summed E-state index contributed by atoms with van der Waals surface area (Å²) in [6, 6.07) is 0.0973. The number of piperidine rings is 1. The van der Waals surface area contributed by atoms with Crippen LogP contribution in [0, 0.1) is 5.92 Å². The van der Waals surface area contributed by atoms with Crippen molar-refractivity contribution in [3.05, 3.63) is 0 Å². The molecule has 2 N–H and O–H groups in total. The molecular formula is C15H31N3O2S. The van der Waals surface area contributed by atoms with E-state index < -0.39 is 10.0 Å². The second-order valence-corrected chi connectivity index (χ2v) is 9.30. The number of sulfonamides is 1. The van der Waals surface area contributed by atoms with Crippen molar-refractivity contribution >= 4 is 10.0 Å². The average Bonchev–Trinajstić information content (AvgIpc) is 2.92. The van der Waals surface area contributed by atoms with Crippen LogP contribution >= 0.6 is 0 Å². The Kier molecular flexibility index (Phi) is 5.34. The summed E-state index contributed by atoms with van der Waals surface area (Å²) in [7, 11) is -3.06. The van der Waals surface area contributed by atoms with Crippen LogP contribution in [0.3, 0.4) is 0 Å². The van der Waals surface area contributed by atoms with Crippen LogP contribution in [0.5, 0.6) is 0 Å². The van der Waals surface area contributed by atoms with Gasteiger partial charge in [0.1, 0.15) is 0 Å². The summed E-state index contributed by atoms with van der Waals surface area (Å²) < 4.78 is 25.0. The monoisotopic (exact) mass is 317 g/mol. The third-order valence-electron chi connectivity index (χ3n) is 5.37. The summed E-state index contributed by atoms with van der Waals surface area (Å²) in [5, 5.41) is 0. The lowest BCUT2D eigenvalue weighted by molar-refractivity contribution is 0.104. The maximum absolute atomic E-state index is 11.7. The molecule has 0 aromatic carbocycles. The lowest BCUT2D eigenvalue weighted by atomic mass is 9.83. The van der Waals surface area contributed by atoms with Crippen LogP contribution in [0.1, 0.15) is 46.0 Å². The first-order chi connectivity index (χ1) is 9.71. The third-order valence-corrected chi connectivity index (χ3v) is 6.64. The SMILES string of the molecule is CC(C)(C(N)CC1CCCN(S(C)(=O)=O)C1)N1CCCC1. The molecule has 21 heavy (non-hydrogen) atoms. The van der Waals surface area contributed by atoms with Gasteiger partial charge >= 0.3 is 0 Å². The Morgan fingerprint density at radius 2 is 1.81 bits per heavy atom. The van der Waals surface area contributed by atoms with E-state index in [1.54, 1.807) is 4.31 Å². The van der Waals surface area contributed by atoms with Crippen molar-refractivity contribution in [1.82, 2.24) is 9.21 Å². The Labute approximate surface area is 129 Å². The zero-order valence-electron chi connectivity index (χ0n) is 13.7. The van der Waals surface area contributed by atoms with E-state index >= 15 is 0 Å². The zero-order valence-corrected chi connectivity index (χ0v) is 14.5. The smallest absolute Gasteiger partial charge is 0.211 e. The standard InChI is InChI=1S/C15H31N3O2S/c1-15(2,17-8-4-5-9-17)14(16)11-13-7-6-10-18(12-13)21(3,19)20/h13-14H,4-12,16H2,1-3H3. The van der Waals surface area contributed by atoms with E-state index in [0.29, 0.717) is 19.0 Å². The average molecular weight is 317 g/mol. The summed E-state index contributed by atoms with van der Waals surface area (Å²) in [6.07, 6.45) is 6.80. The van der Waals surface area contributed by atoms with Gasteiger partial charge < -0.3 is 5.73 Å². The lowest BCUT2D eigenvalue weighted by Gasteiger charge is -2.42. The Balaban J connectivity index is 1.94. The number of likely N-dealkylation sites (tertiary alicyclic amines) is 1. The number of nitrogens with zero attached hydrogens (tertiary/aromatic N) is 2. The molecule has 0 aromatic rings. The molecule has 2 unspecified atom stereocenters. The van der Waals surface area contributed by atoms with Gasteiger partial charge in [-0.3, -0.25) is 4.90 Å². The normalized spacial score (nSPS) is 27.9. The number of hydrogen-bond donors (Lipinski definition) is 1. The third kappa shape index (κ3) is 4.18. The first kappa shape index (κ1) is 17.2. The van der Waals surface area contributed by atoms with Gasteiger partial charge in [0, 0.05) is 24.7 Å². The fourth-order valence-electron chi connectivity index (χ4n) is 3.70. The highest BCUT2D eigenvalue weighted by atomic mass is 32.2. The Morgan fingerprint density at radius 1 is 1.19 bits per heavy atom. The second-order valence-electron chi connectivity index (χ2n) is 7.32. The van der Waals surface area contributed by atoms with Crippen LogP contribution in [0.25, 0.3) is 0 Å². The van der Waals surface area contributed by atoms with Crippen molar-refractivity contribution in [2.75, 3.05) is 32.4 Å². The fraction of sp³-hybridized carbons (Fsp3) is 1.00. The minimum absolute atomic E-state index is 0.00384. The Morgan fingerprint density at radius 3 is 2.38 bits per heavy atom. The molecule has 2 heterocycles. The summed E-state index contributed by atoms with van der Waals surface area (Å²) in [5.74, 6) is 0.394. The summed E-state index contributed by atoms with van der Waals surface area (Å²) >= 11 is 0. The van der Waals surface area contributed by atoms with Crippen LogP contribution in [-0.2, 0) is 10.0 Å². The molecule has 0 aliphatic carbocycles. The molecule has 0 amide bonds. The van der Waals surface area contributed by atoms with E-state index in [1.807, 2.05) is 0 Å². The molecule has 0 radical (unpaired) electrons. The van der Waals surface area contributed by atoms with Crippen LogP contribution in [0.4, 0.5) is 0 Å². The van der Waals surface area contributed by atoms with Gasteiger partial charge in [-0.05, 0) is 65.0 Å². The largest absolute Gasteiger partial charge is 0.326 e. The van der Waals surface area contributed by atoms with Crippen LogP contribution in [-0.4, -0.2) is 61.6 Å². The molecule has 2 atom stereocenters. The van der Waals surface area contributed by atoms with Gasteiger partial charge in [-0.15, -0.1) is 0 Å². The van der Waals surface area contributed by atoms with Gasteiger partial charge in [-0.1, -0.05) is 0 Å². The van der Waals surface area contributed by atoms with Crippen molar-refractivity contribution < 1.29 is 8.42 Å². The topological polar surface area (TPSA) is 66.6 Å². The van der Waals surface area contributed by atoms with Crippen LogP contribution in [0.2, 0.25) is 0 Å². The highest BCUT2D eigenvalue weighted by Gasteiger charge is 2.37. The molecule has 5 nitrogen and oxygen atoms in total. The predicted molar refractivity (Wildman–Crippen MR) is 86.6 cm³/mol. The Bertz CT molecular complexity index is 444. The van der Waals surface area contributed by atoms with Crippen LogP contribution < -0.4 is 5.73 Å². The molecule has 6 heteroatoms. The molecule has 2 fully saturated rings. The molecule has 0 saturated carbocycles. The van der Waals surface area contributed by atoms with Gasteiger partial charge in [0.25, 0.3) is 0 Å². The van der Waals surface area contributed by atoms with Gasteiger partial charge in [0.2, 0.25) is 10.0 Å². The van der Waals surface area contributed by atoms with Gasteiger partial charge in [-0.2, -0.15) is 0 Å². The lowest BCUT2D eigenvalue weighted by Crippen LogP contribution is -2.56. The summed E-state index contributed by atoms with van der Waals surface area (Å²) in [6.45, 7) is 8.06. The maximum atomic E-state index is 11.7.